The minimum absolute atomic E-state index is 0.102. The lowest BCUT2D eigenvalue weighted by Gasteiger charge is -2.08. The SMILES string of the molecule is CC(C)COC(=O)CCC(=O)OCc1cc([N+](=O)[O-])ccc1F. The van der Waals surface area contributed by atoms with Crippen LogP contribution in [0.3, 0.4) is 0 Å². The van der Waals surface area contributed by atoms with Crippen molar-refractivity contribution in [2.45, 2.75) is 33.3 Å². The number of hydrogen-bond acceptors (Lipinski definition) is 6. The van der Waals surface area contributed by atoms with Crippen LogP contribution in [0.1, 0.15) is 32.3 Å². The van der Waals surface area contributed by atoms with Crippen molar-refractivity contribution in [3.63, 3.8) is 0 Å². The van der Waals surface area contributed by atoms with Crippen LogP contribution < -0.4 is 0 Å². The molecular weight excluding hydrogens is 309 g/mol. The minimum atomic E-state index is -0.711. The van der Waals surface area contributed by atoms with Gasteiger partial charge in [0.05, 0.1) is 24.4 Å². The molecule has 0 N–H and O–H groups in total. The molecule has 7 nitrogen and oxygen atoms in total. The maximum absolute atomic E-state index is 13.5. The molecule has 0 aromatic heterocycles. The fraction of sp³-hybridized carbons (Fsp3) is 0.467. The van der Waals surface area contributed by atoms with E-state index in [0.29, 0.717) is 0 Å². The number of rotatable bonds is 8. The first-order valence-corrected chi connectivity index (χ1v) is 7.03. The summed E-state index contributed by atoms with van der Waals surface area (Å²) in [5.41, 5.74) is -0.398. The van der Waals surface area contributed by atoms with Crippen molar-refractivity contribution in [2.75, 3.05) is 6.61 Å². The number of nitrogens with zero attached hydrogens (tertiary/aromatic N) is 1. The van der Waals surface area contributed by atoms with Gasteiger partial charge in [-0.3, -0.25) is 19.7 Å². The summed E-state index contributed by atoms with van der Waals surface area (Å²) >= 11 is 0. The van der Waals surface area contributed by atoms with E-state index in [4.69, 9.17) is 9.47 Å². The second-order valence-electron chi connectivity index (χ2n) is 5.27. The highest BCUT2D eigenvalue weighted by Gasteiger charge is 2.14. The second kappa shape index (κ2) is 8.82. The molecule has 0 saturated heterocycles. The molecule has 0 aliphatic heterocycles. The molecule has 1 aromatic rings. The number of nitro groups is 1. The lowest BCUT2D eigenvalue weighted by atomic mass is 10.2. The number of halogens is 1. The number of benzene rings is 1. The van der Waals surface area contributed by atoms with Crippen molar-refractivity contribution >= 4 is 17.6 Å². The van der Waals surface area contributed by atoms with Gasteiger partial charge in [-0.15, -0.1) is 0 Å². The molecule has 0 amide bonds. The number of hydrogen-bond donors (Lipinski definition) is 0. The van der Waals surface area contributed by atoms with Crippen molar-refractivity contribution in [3.05, 3.63) is 39.7 Å². The number of esters is 2. The summed E-state index contributed by atoms with van der Waals surface area (Å²) in [7, 11) is 0. The quantitative estimate of drug-likeness (QED) is 0.414. The molecule has 0 aliphatic carbocycles. The maximum atomic E-state index is 13.5. The van der Waals surface area contributed by atoms with Gasteiger partial charge in [0.15, 0.2) is 0 Å². The van der Waals surface area contributed by atoms with E-state index in [1.54, 1.807) is 0 Å². The van der Waals surface area contributed by atoms with Gasteiger partial charge in [0.2, 0.25) is 0 Å². The van der Waals surface area contributed by atoms with Crippen molar-refractivity contribution in [3.8, 4) is 0 Å². The molecule has 0 aliphatic rings. The molecule has 0 saturated carbocycles. The zero-order valence-electron chi connectivity index (χ0n) is 12.9. The van der Waals surface area contributed by atoms with Crippen LogP contribution in [0.5, 0.6) is 0 Å². The largest absolute Gasteiger partial charge is 0.465 e. The molecule has 0 fully saturated rings. The third-order valence-electron chi connectivity index (χ3n) is 2.74. The van der Waals surface area contributed by atoms with E-state index in [9.17, 15) is 24.1 Å². The molecule has 0 radical (unpaired) electrons. The lowest BCUT2D eigenvalue weighted by Crippen LogP contribution is -2.13. The molecule has 0 atom stereocenters. The molecule has 0 bridgehead atoms. The topological polar surface area (TPSA) is 95.7 Å². The highest BCUT2D eigenvalue weighted by molar-refractivity contribution is 5.77. The summed E-state index contributed by atoms with van der Waals surface area (Å²) in [4.78, 5) is 32.8. The number of non-ortho nitro benzene ring substituents is 1. The van der Waals surface area contributed by atoms with Crippen LogP contribution in [0, 0.1) is 21.8 Å². The van der Waals surface area contributed by atoms with Crippen molar-refractivity contribution in [2.24, 2.45) is 5.92 Å². The van der Waals surface area contributed by atoms with Gasteiger partial charge in [-0.05, 0) is 12.0 Å². The van der Waals surface area contributed by atoms with E-state index in [1.165, 1.54) is 0 Å². The average molecular weight is 327 g/mol. The van der Waals surface area contributed by atoms with E-state index in [-0.39, 0.29) is 36.6 Å². The number of nitro benzene ring substituents is 1. The smallest absolute Gasteiger partial charge is 0.306 e. The minimum Gasteiger partial charge on any atom is -0.465 e. The van der Waals surface area contributed by atoms with Crippen LogP contribution in [0.2, 0.25) is 0 Å². The maximum Gasteiger partial charge on any atom is 0.306 e. The van der Waals surface area contributed by atoms with Gasteiger partial charge in [-0.2, -0.15) is 0 Å². The van der Waals surface area contributed by atoms with Crippen molar-refractivity contribution in [1.82, 2.24) is 0 Å². The fourth-order valence-electron chi connectivity index (χ4n) is 1.55. The van der Waals surface area contributed by atoms with E-state index in [0.717, 1.165) is 18.2 Å². The van der Waals surface area contributed by atoms with Gasteiger partial charge >= 0.3 is 11.9 Å². The van der Waals surface area contributed by atoms with Gasteiger partial charge < -0.3 is 9.47 Å². The normalized spacial score (nSPS) is 10.4. The monoisotopic (exact) mass is 327 g/mol. The number of carbonyl (C=O) groups excluding carboxylic acids is 2. The van der Waals surface area contributed by atoms with Crippen molar-refractivity contribution < 1.29 is 28.4 Å². The predicted molar refractivity (Wildman–Crippen MR) is 77.9 cm³/mol. The Kier molecular flexibility index (Phi) is 7.11. The Hall–Kier alpha value is -2.51. The molecular formula is C15H18FNO6. The van der Waals surface area contributed by atoms with E-state index in [1.807, 2.05) is 13.8 Å². The summed E-state index contributed by atoms with van der Waals surface area (Å²) in [6.45, 7) is 3.60. The summed E-state index contributed by atoms with van der Waals surface area (Å²) in [5.74, 6) is -1.74. The Morgan fingerprint density at radius 1 is 1.22 bits per heavy atom. The number of ether oxygens (including phenoxy) is 2. The van der Waals surface area contributed by atoms with Gasteiger partial charge in [0, 0.05) is 17.7 Å². The van der Waals surface area contributed by atoms with E-state index in [2.05, 4.69) is 0 Å². The Labute approximate surface area is 132 Å². The summed E-state index contributed by atoms with van der Waals surface area (Å²) in [5, 5.41) is 10.6. The van der Waals surface area contributed by atoms with Crippen LogP contribution in [0.25, 0.3) is 0 Å². The predicted octanol–water partition coefficient (Wildman–Crippen LogP) is 2.76. The van der Waals surface area contributed by atoms with E-state index >= 15 is 0 Å². The molecule has 126 valence electrons. The third kappa shape index (κ3) is 6.86. The summed E-state index contributed by atoms with van der Waals surface area (Å²) in [6, 6.07) is 2.95. The van der Waals surface area contributed by atoms with Crippen LogP contribution in [0.15, 0.2) is 18.2 Å². The third-order valence-corrected chi connectivity index (χ3v) is 2.74. The van der Waals surface area contributed by atoms with Gasteiger partial charge in [0.25, 0.3) is 5.69 Å². The standard InChI is InChI=1S/C15H18FNO6/c1-10(2)8-22-14(18)5-6-15(19)23-9-11-7-12(17(20)21)3-4-13(11)16/h3-4,7,10H,5-6,8-9H2,1-2H3. The molecule has 0 spiro atoms. The van der Waals surface area contributed by atoms with E-state index < -0.39 is 29.3 Å². The van der Waals surface area contributed by atoms with Gasteiger partial charge in [0.1, 0.15) is 12.4 Å². The highest BCUT2D eigenvalue weighted by Crippen LogP contribution is 2.17. The first-order valence-electron chi connectivity index (χ1n) is 7.03. The van der Waals surface area contributed by atoms with Gasteiger partial charge in [-0.25, -0.2) is 4.39 Å². The highest BCUT2D eigenvalue weighted by atomic mass is 19.1. The Balaban J connectivity index is 2.43. The zero-order valence-corrected chi connectivity index (χ0v) is 12.9. The molecule has 1 aromatic carbocycles. The molecule has 23 heavy (non-hydrogen) atoms. The molecule has 0 heterocycles. The van der Waals surface area contributed by atoms with Crippen LogP contribution >= 0.6 is 0 Å². The summed E-state index contributed by atoms with van der Waals surface area (Å²) in [6.07, 6.45) is -0.337. The Bertz CT molecular complexity index is 587. The molecule has 0 unspecified atom stereocenters. The average Bonchev–Trinajstić information content (AvgIpc) is 2.49. The lowest BCUT2D eigenvalue weighted by molar-refractivity contribution is -0.385. The van der Waals surface area contributed by atoms with Crippen molar-refractivity contribution in [1.29, 1.82) is 0 Å². The fourth-order valence-corrected chi connectivity index (χ4v) is 1.55. The molecule has 8 heteroatoms. The van der Waals surface area contributed by atoms with Crippen LogP contribution in [-0.2, 0) is 25.7 Å². The van der Waals surface area contributed by atoms with Crippen LogP contribution in [-0.4, -0.2) is 23.5 Å². The Morgan fingerprint density at radius 3 is 2.39 bits per heavy atom. The Morgan fingerprint density at radius 2 is 1.83 bits per heavy atom. The zero-order chi connectivity index (χ0) is 17.4. The first kappa shape index (κ1) is 18.5. The first-order chi connectivity index (χ1) is 10.8. The summed E-state index contributed by atoms with van der Waals surface area (Å²) < 4.78 is 23.2. The second-order valence-corrected chi connectivity index (χ2v) is 5.27. The number of carbonyl (C=O) groups is 2. The van der Waals surface area contributed by atoms with Crippen LogP contribution in [0.4, 0.5) is 10.1 Å². The molecule has 1 rings (SSSR count). The van der Waals surface area contributed by atoms with Gasteiger partial charge in [-0.1, -0.05) is 13.8 Å².